The second-order valence-electron chi connectivity index (χ2n) is 7.45. The van der Waals surface area contributed by atoms with E-state index in [1.807, 2.05) is 53.9 Å². The van der Waals surface area contributed by atoms with Gasteiger partial charge >= 0.3 is 6.03 Å². The maximum Gasteiger partial charge on any atom is 0.325 e. The molecular weight excluding hydrogens is 426 g/mol. The predicted octanol–water partition coefficient (Wildman–Crippen LogP) is 3.58. The van der Waals surface area contributed by atoms with Gasteiger partial charge in [0, 0.05) is 17.5 Å². The fourth-order valence-electron chi connectivity index (χ4n) is 3.45. The standard InChI is InChI=1S/C24H23N3O4S/c1-26(14-18-10-7-13-32-18)21(28)15-27-23(29)22(25-24(27)30)19-11-5-6-12-20(19)31-16-17-8-3-2-4-9-17/h2-13,22H,14-16H2,1H3,(H,25,30)/t22-/m1/s1. The van der Waals surface area contributed by atoms with Gasteiger partial charge in [0.15, 0.2) is 0 Å². The molecule has 1 N–H and O–H groups in total. The van der Waals surface area contributed by atoms with Crippen LogP contribution in [0, 0.1) is 0 Å². The molecule has 1 fully saturated rings. The smallest absolute Gasteiger partial charge is 0.325 e. The normalized spacial score (nSPS) is 15.5. The lowest BCUT2D eigenvalue weighted by molar-refractivity contribution is -0.136. The van der Waals surface area contributed by atoms with Gasteiger partial charge in [-0.15, -0.1) is 11.3 Å². The van der Waals surface area contributed by atoms with E-state index < -0.39 is 18.0 Å². The third-order valence-electron chi connectivity index (χ3n) is 5.19. The summed E-state index contributed by atoms with van der Waals surface area (Å²) in [6, 6.07) is 19.2. The fourth-order valence-corrected chi connectivity index (χ4v) is 4.20. The van der Waals surface area contributed by atoms with Crippen LogP contribution in [-0.4, -0.2) is 41.2 Å². The summed E-state index contributed by atoms with van der Waals surface area (Å²) in [5, 5.41) is 4.62. The Kier molecular flexibility index (Phi) is 6.51. The molecule has 8 heteroatoms. The van der Waals surface area contributed by atoms with Crippen LogP contribution in [0.25, 0.3) is 0 Å². The number of benzene rings is 2. The van der Waals surface area contributed by atoms with Gasteiger partial charge in [-0.05, 0) is 23.1 Å². The molecule has 0 aliphatic carbocycles. The molecule has 0 saturated carbocycles. The minimum Gasteiger partial charge on any atom is -0.489 e. The van der Waals surface area contributed by atoms with E-state index in [9.17, 15) is 14.4 Å². The Morgan fingerprint density at radius 3 is 2.56 bits per heavy atom. The Bertz CT molecular complexity index is 1100. The van der Waals surface area contributed by atoms with Crippen molar-refractivity contribution in [3.63, 3.8) is 0 Å². The summed E-state index contributed by atoms with van der Waals surface area (Å²) in [6.07, 6.45) is 0. The van der Waals surface area contributed by atoms with Gasteiger partial charge in [-0.1, -0.05) is 54.6 Å². The number of ether oxygens (including phenoxy) is 1. The van der Waals surface area contributed by atoms with E-state index in [1.54, 1.807) is 36.6 Å². The molecule has 2 heterocycles. The molecular formula is C24H23N3O4S. The number of carbonyl (C=O) groups excluding carboxylic acids is 3. The second-order valence-corrected chi connectivity index (χ2v) is 8.48. The maximum absolute atomic E-state index is 13.0. The van der Waals surface area contributed by atoms with E-state index >= 15 is 0 Å². The Hall–Kier alpha value is -3.65. The van der Waals surface area contributed by atoms with Gasteiger partial charge in [-0.2, -0.15) is 0 Å². The van der Waals surface area contributed by atoms with Crippen molar-refractivity contribution in [3.05, 3.63) is 88.1 Å². The predicted molar refractivity (Wildman–Crippen MR) is 121 cm³/mol. The van der Waals surface area contributed by atoms with Crippen molar-refractivity contribution >= 4 is 29.2 Å². The van der Waals surface area contributed by atoms with Crippen LogP contribution >= 0.6 is 11.3 Å². The van der Waals surface area contributed by atoms with Crippen molar-refractivity contribution in [2.45, 2.75) is 19.2 Å². The second kappa shape index (κ2) is 9.65. The number of likely N-dealkylation sites (N-methyl/N-ethyl adjacent to an activating group) is 1. The summed E-state index contributed by atoms with van der Waals surface area (Å²) in [7, 11) is 1.66. The zero-order valence-corrected chi connectivity index (χ0v) is 18.4. The molecule has 1 saturated heterocycles. The van der Waals surface area contributed by atoms with Crippen molar-refractivity contribution in [1.29, 1.82) is 0 Å². The van der Waals surface area contributed by atoms with Crippen molar-refractivity contribution in [3.8, 4) is 5.75 Å². The third kappa shape index (κ3) is 4.81. The van der Waals surface area contributed by atoms with Crippen LogP contribution in [0.3, 0.4) is 0 Å². The first-order valence-electron chi connectivity index (χ1n) is 10.2. The molecule has 1 atom stereocenters. The first kappa shape index (κ1) is 21.6. The average molecular weight is 450 g/mol. The van der Waals surface area contributed by atoms with Crippen LogP contribution in [0.2, 0.25) is 0 Å². The first-order chi connectivity index (χ1) is 15.5. The first-order valence-corrected chi connectivity index (χ1v) is 11.0. The zero-order valence-electron chi connectivity index (χ0n) is 17.6. The van der Waals surface area contributed by atoms with Crippen LogP contribution in [0.15, 0.2) is 72.1 Å². The van der Waals surface area contributed by atoms with E-state index in [-0.39, 0.29) is 12.5 Å². The van der Waals surface area contributed by atoms with Gasteiger partial charge in [-0.25, -0.2) is 4.79 Å². The molecule has 0 spiro atoms. The molecule has 0 unspecified atom stereocenters. The lowest BCUT2D eigenvalue weighted by Crippen LogP contribution is -2.41. The number of nitrogens with one attached hydrogen (secondary N) is 1. The minimum absolute atomic E-state index is 0.309. The summed E-state index contributed by atoms with van der Waals surface area (Å²) in [5.41, 5.74) is 1.55. The summed E-state index contributed by atoms with van der Waals surface area (Å²) in [6.45, 7) is 0.457. The number of thiophene rings is 1. The van der Waals surface area contributed by atoms with Gasteiger partial charge in [0.05, 0.1) is 6.54 Å². The lowest BCUT2D eigenvalue weighted by atomic mass is 10.1. The molecule has 0 bridgehead atoms. The van der Waals surface area contributed by atoms with Gasteiger partial charge < -0.3 is 15.0 Å². The largest absolute Gasteiger partial charge is 0.489 e. The molecule has 32 heavy (non-hydrogen) atoms. The van der Waals surface area contributed by atoms with Crippen molar-refractivity contribution in [2.75, 3.05) is 13.6 Å². The number of para-hydroxylation sites is 1. The van der Waals surface area contributed by atoms with Crippen LogP contribution in [-0.2, 0) is 22.7 Å². The molecule has 1 aliphatic rings. The Morgan fingerprint density at radius 2 is 1.81 bits per heavy atom. The number of carbonyl (C=O) groups is 3. The highest BCUT2D eigenvalue weighted by Crippen LogP contribution is 2.30. The molecule has 2 aromatic carbocycles. The van der Waals surface area contributed by atoms with Crippen molar-refractivity contribution in [2.24, 2.45) is 0 Å². The lowest BCUT2D eigenvalue weighted by Gasteiger charge is -2.20. The summed E-state index contributed by atoms with van der Waals surface area (Å²) < 4.78 is 5.94. The van der Waals surface area contributed by atoms with Crippen LogP contribution in [0.5, 0.6) is 5.75 Å². The number of amides is 4. The number of hydrogen-bond acceptors (Lipinski definition) is 5. The zero-order chi connectivity index (χ0) is 22.5. The Morgan fingerprint density at radius 1 is 1.06 bits per heavy atom. The monoisotopic (exact) mass is 449 g/mol. The molecule has 3 aromatic rings. The average Bonchev–Trinajstić information content (AvgIpc) is 3.42. The quantitative estimate of drug-likeness (QED) is 0.533. The Balaban J connectivity index is 1.44. The van der Waals surface area contributed by atoms with Gasteiger partial charge in [-0.3, -0.25) is 14.5 Å². The summed E-state index contributed by atoms with van der Waals surface area (Å²) in [4.78, 5) is 41.7. The minimum atomic E-state index is -0.898. The number of urea groups is 1. The number of rotatable bonds is 8. The van der Waals surface area contributed by atoms with E-state index in [1.165, 1.54) is 4.90 Å². The summed E-state index contributed by atoms with van der Waals surface area (Å²) in [5.74, 6) is -0.266. The molecule has 0 radical (unpaired) electrons. The number of imide groups is 1. The highest BCUT2D eigenvalue weighted by Gasteiger charge is 2.41. The van der Waals surface area contributed by atoms with Gasteiger partial charge in [0.2, 0.25) is 5.91 Å². The molecule has 4 amide bonds. The molecule has 164 valence electrons. The fraction of sp³-hybridized carbons (Fsp3) is 0.208. The SMILES string of the molecule is CN(Cc1cccs1)C(=O)CN1C(=O)N[C@H](c2ccccc2OCc2ccccc2)C1=O. The van der Waals surface area contributed by atoms with Crippen LogP contribution in [0.4, 0.5) is 4.79 Å². The van der Waals surface area contributed by atoms with E-state index in [4.69, 9.17) is 4.74 Å². The number of hydrogen-bond donors (Lipinski definition) is 1. The van der Waals surface area contributed by atoms with E-state index in [0.29, 0.717) is 24.5 Å². The summed E-state index contributed by atoms with van der Waals surface area (Å²) >= 11 is 1.55. The molecule has 1 aromatic heterocycles. The number of nitrogens with zero attached hydrogens (tertiary/aromatic N) is 2. The molecule has 4 rings (SSSR count). The van der Waals surface area contributed by atoms with E-state index in [0.717, 1.165) is 15.3 Å². The highest BCUT2D eigenvalue weighted by molar-refractivity contribution is 7.09. The van der Waals surface area contributed by atoms with E-state index in [2.05, 4.69) is 5.32 Å². The molecule has 7 nitrogen and oxygen atoms in total. The van der Waals surface area contributed by atoms with Crippen molar-refractivity contribution in [1.82, 2.24) is 15.1 Å². The van der Waals surface area contributed by atoms with Crippen LogP contribution < -0.4 is 10.1 Å². The maximum atomic E-state index is 13.0. The topological polar surface area (TPSA) is 79.0 Å². The third-order valence-corrected chi connectivity index (χ3v) is 6.05. The van der Waals surface area contributed by atoms with Gasteiger partial charge in [0.25, 0.3) is 5.91 Å². The van der Waals surface area contributed by atoms with Gasteiger partial charge in [0.1, 0.15) is 24.9 Å². The van der Waals surface area contributed by atoms with Crippen molar-refractivity contribution < 1.29 is 19.1 Å². The Labute approximate surface area is 190 Å². The molecule has 1 aliphatic heterocycles. The highest BCUT2D eigenvalue weighted by atomic mass is 32.1. The van der Waals surface area contributed by atoms with Crippen LogP contribution in [0.1, 0.15) is 22.0 Å².